The molecule has 0 atom stereocenters. The minimum atomic E-state index is -0.369. The highest BCUT2D eigenvalue weighted by Crippen LogP contribution is 2.74. The number of carbonyl (C=O) groups is 1. The monoisotopic (exact) mass is 244 g/mol. The lowest BCUT2D eigenvalue weighted by Crippen LogP contribution is -2.68. The summed E-state index contributed by atoms with van der Waals surface area (Å²) in [5.41, 5.74) is 1.13. The maximum Gasteiger partial charge on any atom is 0.312 e. The standard InChI is InChI=1S/C16H20O2/c1-14(2,3)18-13(17)16-9-15(10-16,11-16)12-7-5-4-6-8-12/h4-8H,9-11H2,1-3H3. The Balaban J connectivity index is 1.68. The van der Waals surface area contributed by atoms with Gasteiger partial charge in [-0.05, 0) is 51.0 Å². The molecule has 0 unspecified atom stereocenters. The number of ether oxygens (including phenoxy) is 1. The van der Waals surface area contributed by atoms with Crippen LogP contribution in [0.2, 0.25) is 0 Å². The van der Waals surface area contributed by atoms with Crippen LogP contribution in [0.3, 0.4) is 0 Å². The van der Waals surface area contributed by atoms with Gasteiger partial charge in [0.2, 0.25) is 0 Å². The van der Waals surface area contributed by atoms with E-state index in [4.69, 9.17) is 4.74 Å². The first kappa shape index (κ1) is 11.8. The highest BCUT2D eigenvalue weighted by molar-refractivity contribution is 5.83. The maximum atomic E-state index is 12.2. The fourth-order valence-corrected chi connectivity index (χ4v) is 3.49. The Hall–Kier alpha value is -1.31. The van der Waals surface area contributed by atoms with E-state index in [0.717, 1.165) is 19.3 Å². The van der Waals surface area contributed by atoms with Crippen molar-refractivity contribution in [2.24, 2.45) is 5.41 Å². The lowest BCUT2D eigenvalue weighted by Gasteiger charge is -2.69. The fourth-order valence-electron chi connectivity index (χ4n) is 3.49. The van der Waals surface area contributed by atoms with Crippen molar-refractivity contribution in [3.63, 3.8) is 0 Å². The van der Waals surface area contributed by atoms with E-state index in [9.17, 15) is 4.79 Å². The van der Waals surface area contributed by atoms with Crippen LogP contribution in [0.5, 0.6) is 0 Å². The van der Waals surface area contributed by atoms with E-state index < -0.39 is 0 Å². The molecule has 0 spiro atoms. The summed E-state index contributed by atoms with van der Waals surface area (Å²) in [5.74, 6) is 0.00723. The van der Waals surface area contributed by atoms with Crippen LogP contribution in [0.25, 0.3) is 0 Å². The van der Waals surface area contributed by atoms with Crippen LogP contribution < -0.4 is 0 Å². The van der Waals surface area contributed by atoms with Gasteiger partial charge in [0.05, 0.1) is 5.41 Å². The highest BCUT2D eigenvalue weighted by atomic mass is 16.6. The number of carbonyl (C=O) groups excluding carboxylic acids is 1. The van der Waals surface area contributed by atoms with Gasteiger partial charge in [-0.15, -0.1) is 0 Å². The van der Waals surface area contributed by atoms with Gasteiger partial charge >= 0.3 is 5.97 Å². The topological polar surface area (TPSA) is 26.3 Å². The molecule has 2 bridgehead atoms. The lowest BCUT2D eigenvalue weighted by atomic mass is 9.33. The SMILES string of the molecule is CC(C)(C)OC(=O)C12CC(c3ccccc3)(C1)C2. The van der Waals surface area contributed by atoms with Crippen molar-refractivity contribution in [3.8, 4) is 0 Å². The molecular formula is C16H20O2. The molecule has 4 rings (SSSR count). The van der Waals surface area contributed by atoms with Gasteiger partial charge in [-0.1, -0.05) is 30.3 Å². The molecule has 3 saturated carbocycles. The van der Waals surface area contributed by atoms with Crippen molar-refractivity contribution in [2.75, 3.05) is 0 Å². The van der Waals surface area contributed by atoms with E-state index in [1.807, 2.05) is 26.8 Å². The predicted molar refractivity (Wildman–Crippen MR) is 70.2 cm³/mol. The molecule has 96 valence electrons. The molecule has 0 saturated heterocycles. The third-order valence-corrected chi connectivity index (χ3v) is 4.25. The number of benzene rings is 1. The Labute approximate surface area is 108 Å². The van der Waals surface area contributed by atoms with Crippen molar-refractivity contribution < 1.29 is 9.53 Å². The van der Waals surface area contributed by atoms with Crippen molar-refractivity contribution >= 4 is 5.97 Å². The summed E-state index contributed by atoms with van der Waals surface area (Å²) in [4.78, 5) is 12.2. The zero-order valence-electron chi connectivity index (χ0n) is 11.3. The largest absolute Gasteiger partial charge is 0.460 e. The van der Waals surface area contributed by atoms with E-state index in [0.29, 0.717) is 0 Å². The molecule has 0 aromatic heterocycles. The van der Waals surface area contributed by atoms with Gasteiger partial charge in [0.25, 0.3) is 0 Å². The second-order valence-corrected chi connectivity index (χ2v) is 6.96. The molecule has 1 aromatic rings. The summed E-state index contributed by atoms with van der Waals surface area (Å²) in [6.45, 7) is 5.80. The third-order valence-electron chi connectivity index (χ3n) is 4.25. The van der Waals surface area contributed by atoms with Gasteiger partial charge in [0.15, 0.2) is 0 Å². The Bertz CT molecular complexity index is 462. The minimum absolute atomic E-state index is 0.00723. The quantitative estimate of drug-likeness (QED) is 0.745. The maximum absolute atomic E-state index is 12.2. The van der Waals surface area contributed by atoms with Crippen LogP contribution in [0, 0.1) is 5.41 Å². The van der Waals surface area contributed by atoms with Gasteiger partial charge < -0.3 is 4.74 Å². The summed E-state index contributed by atoms with van der Waals surface area (Å²) < 4.78 is 5.52. The summed E-state index contributed by atoms with van der Waals surface area (Å²) in [6.07, 6.45) is 2.91. The molecule has 1 aromatic carbocycles. The first-order valence-electron chi connectivity index (χ1n) is 6.64. The van der Waals surface area contributed by atoms with Crippen molar-refractivity contribution in [1.82, 2.24) is 0 Å². The van der Waals surface area contributed by atoms with Gasteiger partial charge in [-0.25, -0.2) is 0 Å². The highest BCUT2D eigenvalue weighted by Gasteiger charge is 2.72. The number of rotatable bonds is 2. The van der Waals surface area contributed by atoms with Gasteiger partial charge in [0.1, 0.15) is 5.60 Å². The van der Waals surface area contributed by atoms with Crippen molar-refractivity contribution in [1.29, 1.82) is 0 Å². The van der Waals surface area contributed by atoms with Crippen LogP contribution >= 0.6 is 0 Å². The Kier molecular flexibility index (Phi) is 2.20. The smallest absolute Gasteiger partial charge is 0.312 e. The fraction of sp³-hybridized carbons (Fsp3) is 0.562. The molecular weight excluding hydrogens is 224 g/mol. The summed E-state index contributed by atoms with van der Waals surface area (Å²) in [7, 11) is 0. The zero-order chi connectivity index (χ0) is 13.0. The Morgan fingerprint density at radius 2 is 1.67 bits per heavy atom. The number of hydrogen-bond acceptors (Lipinski definition) is 2. The summed E-state index contributed by atoms with van der Waals surface area (Å²) in [5, 5.41) is 0. The van der Waals surface area contributed by atoms with Crippen LogP contribution in [-0.2, 0) is 14.9 Å². The Morgan fingerprint density at radius 3 is 2.17 bits per heavy atom. The van der Waals surface area contributed by atoms with Gasteiger partial charge in [-0.2, -0.15) is 0 Å². The van der Waals surface area contributed by atoms with Crippen LogP contribution in [0.15, 0.2) is 30.3 Å². The minimum Gasteiger partial charge on any atom is -0.460 e. The van der Waals surface area contributed by atoms with E-state index in [2.05, 4.69) is 24.3 Å². The number of esters is 1. The molecule has 3 aliphatic rings. The molecule has 0 radical (unpaired) electrons. The molecule has 0 aliphatic heterocycles. The van der Waals surface area contributed by atoms with E-state index >= 15 is 0 Å². The van der Waals surface area contributed by atoms with Gasteiger partial charge in [-0.3, -0.25) is 4.79 Å². The third kappa shape index (κ3) is 1.58. The molecule has 3 fully saturated rings. The van der Waals surface area contributed by atoms with E-state index in [1.54, 1.807) is 0 Å². The molecule has 0 N–H and O–H groups in total. The van der Waals surface area contributed by atoms with E-state index in [-0.39, 0.29) is 22.4 Å². The lowest BCUT2D eigenvalue weighted by molar-refractivity contribution is -0.211. The zero-order valence-corrected chi connectivity index (χ0v) is 11.3. The van der Waals surface area contributed by atoms with Gasteiger partial charge in [0, 0.05) is 0 Å². The van der Waals surface area contributed by atoms with Crippen LogP contribution in [0.1, 0.15) is 45.6 Å². The molecule has 0 heterocycles. The average molecular weight is 244 g/mol. The second kappa shape index (κ2) is 3.37. The molecule has 2 heteroatoms. The summed E-state index contributed by atoms with van der Waals surface area (Å²) >= 11 is 0. The Morgan fingerprint density at radius 1 is 1.11 bits per heavy atom. The molecule has 2 nitrogen and oxygen atoms in total. The normalized spacial score (nSPS) is 33.3. The van der Waals surface area contributed by atoms with E-state index in [1.165, 1.54) is 5.56 Å². The average Bonchev–Trinajstić information content (AvgIpc) is 2.12. The predicted octanol–water partition coefficient (Wildman–Crippen LogP) is 3.45. The first-order valence-corrected chi connectivity index (χ1v) is 6.64. The second-order valence-electron chi connectivity index (χ2n) is 6.96. The number of hydrogen-bond donors (Lipinski definition) is 0. The van der Waals surface area contributed by atoms with Crippen molar-refractivity contribution in [3.05, 3.63) is 35.9 Å². The van der Waals surface area contributed by atoms with Crippen LogP contribution in [-0.4, -0.2) is 11.6 Å². The summed E-state index contributed by atoms with van der Waals surface area (Å²) in [6, 6.07) is 10.6. The molecule has 3 aliphatic carbocycles. The molecule has 0 amide bonds. The van der Waals surface area contributed by atoms with Crippen molar-refractivity contribution in [2.45, 2.75) is 51.0 Å². The first-order chi connectivity index (χ1) is 8.35. The van der Waals surface area contributed by atoms with Crippen LogP contribution in [0.4, 0.5) is 0 Å². The molecule has 18 heavy (non-hydrogen) atoms.